The number of hydrogen-bond acceptors (Lipinski definition) is 0. The zero-order valence-electron chi connectivity index (χ0n) is 13.6. The predicted molar refractivity (Wildman–Crippen MR) is 92.2 cm³/mol. The Morgan fingerprint density at radius 2 is 2.14 bits per heavy atom. The molecule has 2 nitrogen and oxygen atoms in total. The molecule has 2 aromatic heterocycles. The minimum absolute atomic E-state index is 0.580. The first-order valence-electron chi connectivity index (χ1n) is 8.40. The van der Waals surface area contributed by atoms with Crippen LogP contribution in [0.3, 0.4) is 0 Å². The third-order valence-electron chi connectivity index (χ3n) is 5.08. The fourth-order valence-electron chi connectivity index (χ4n) is 3.98. The van der Waals surface area contributed by atoms with E-state index in [1.54, 1.807) is 0 Å². The van der Waals surface area contributed by atoms with Crippen molar-refractivity contribution in [2.75, 3.05) is 0 Å². The molecule has 1 atom stereocenters. The quantitative estimate of drug-likeness (QED) is 0.615. The highest BCUT2D eigenvalue weighted by atomic mass is 15.1. The molecule has 0 saturated heterocycles. The molecule has 2 heterocycles. The van der Waals surface area contributed by atoms with E-state index in [0.29, 0.717) is 5.92 Å². The van der Waals surface area contributed by atoms with Crippen LogP contribution in [0.5, 0.6) is 0 Å². The van der Waals surface area contributed by atoms with Crippen molar-refractivity contribution in [3.8, 4) is 0 Å². The number of allylic oxidation sites excluding steroid dienone is 1. The van der Waals surface area contributed by atoms with E-state index in [9.17, 15) is 0 Å². The van der Waals surface area contributed by atoms with Crippen LogP contribution in [0.2, 0.25) is 0 Å². The standard InChI is InChI=1S/C20H23N2/c1-4-15-9-7-10-16-18-14(3)8-6-11-17(18)22-13-12-21(5-2)20(22)19(15)16/h6-7,9-14H,4-5,8H2,1-3H3/q+1. The van der Waals surface area contributed by atoms with Gasteiger partial charge in [0.05, 0.1) is 11.9 Å². The van der Waals surface area contributed by atoms with E-state index >= 15 is 0 Å². The Morgan fingerprint density at radius 1 is 1.27 bits per heavy atom. The van der Waals surface area contributed by atoms with Gasteiger partial charge in [-0.3, -0.25) is 0 Å². The summed E-state index contributed by atoms with van der Waals surface area (Å²) in [5, 5.41) is 2.89. The van der Waals surface area contributed by atoms with Gasteiger partial charge in [-0.15, -0.1) is 0 Å². The number of fused-ring (bicyclic) bond motifs is 6. The molecule has 0 saturated carbocycles. The van der Waals surface area contributed by atoms with E-state index in [2.05, 4.69) is 72.5 Å². The van der Waals surface area contributed by atoms with Crippen molar-refractivity contribution in [1.29, 1.82) is 0 Å². The van der Waals surface area contributed by atoms with Crippen molar-refractivity contribution in [1.82, 2.24) is 4.40 Å². The number of nitrogens with zero attached hydrogens (tertiary/aromatic N) is 2. The minimum Gasteiger partial charge on any atom is -0.230 e. The molecule has 0 fully saturated rings. The lowest BCUT2D eigenvalue weighted by Crippen LogP contribution is -2.31. The molecule has 2 heteroatoms. The summed E-state index contributed by atoms with van der Waals surface area (Å²) < 4.78 is 4.77. The Hall–Kier alpha value is -2.09. The fourth-order valence-corrected chi connectivity index (χ4v) is 3.98. The second-order valence-electron chi connectivity index (χ2n) is 6.31. The van der Waals surface area contributed by atoms with Crippen LogP contribution < -0.4 is 4.57 Å². The Bertz CT molecular complexity index is 899. The Labute approximate surface area is 131 Å². The van der Waals surface area contributed by atoms with Crippen molar-refractivity contribution in [2.24, 2.45) is 0 Å². The first-order valence-corrected chi connectivity index (χ1v) is 8.40. The fraction of sp³-hybridized carbons (Fsp3) is 0.350. The molecule has 1 unspecified atom stereocenters. The predicted octanol–water partition coefficient (Wildman–Crippen LogP) is 4.48. The van der Waals surface area contributed by atoms with Gasteiger partial charge in [0.1, 0.15) is 18.1 Å². The topological polar surface area (TPSA) is 8.29 Å². The van der Waals surface area contributed by atoms with Crippen LogP contribution in [0.25, 0.3) is 22.5 Å². The lowest BCUT2D eigenvalue weighted by atomic mass is 9.86. The monoisotopic (exact) mass is 291 g/mol. The van der Waals surface area contributed by atoms with Crippen LogP contribution in [0.4, 0.5) is 0 Å². The first-order chi connectivity index (χ1) is 10.8. The van der Waals surface area contributed by atoms with E-state index in [1.807, 2.05) is 0 Å². The number of pyridine rings is 1. The molecule has 0 N–H and O–H groups in total. The summed E-state index contributed by atoms with van der Waals surface area (Å²) in [6.07, 6.45) is 11.3. The molecule has 3 aromatic rings. The molecule has 0 aliphatic heterocycles. The van der Waals surface area contributed by atoms with Crippen molar-refractivity contribution in [3.63, 3.8) is 0 Å². The van der Waals surface area contributed by atoms with E-state index in [0.717, 1.165) is 19.4 Å². The summed E-state index contributed by atoms with van der Waals surface area (Å²) >= 11 is 0. The van der Waals surface area contributed by atoms with E-state index in [-0.39, 0.29) is 0 Å². The van der Waals surface area contributed by atoms with Gasteiger partial charge in [-0.25, -0.2) is 4.57 Å². The molecule has 1 aliphatic carbocycles. The van der Waals surface area contributed by atoms with Gasteiger partial charge >= 0.3 is 0 Å². The molecule has 4 rings (SSSR count). The first kappa shape index (κ1) is 13.6. The summed E-state index contributed by atoms with van der Waals surface area (Å²) in [7, 11) is 0. The number of aryl methyl sites for hydroxylation is 2. The molecular weight excluding hydrogens is 268 g/mol. The molecule has 0 radical (unpaired) electrons. The Morgan fingerprint density at radius 3 is 2.91 bits per heavy atom. The molecule has 112 valence electrons. The molecule has 0 spiro atoms. The minimum atomic E-state index is 0.580. The highest BCUT2D eigenvalue weighted by Gasteiger charge is 2.26. The zero-order chi connectivity index (χ0) is 15.3. The second kappa shape index (κ2) is 4.98. The van der Waals surface area contributed by atoms with Crippen LogP contribution in [0.15, 0.2) is 36.7 Å². The second-order valence-corrected chi connectivity index (χ2v) is 6.31. The van der Waals surface area contributed by atoms with Crippen LogP contribution >= 0.6 is 0 Å². The third-order valence-corrected chi connectivity index (χ3v) is 5.08. The maximum absolute atomic E-state index is 2.40. The van der Waals surface area contributed by atoms with Gasteiger partial charge < -0.3 is 0 Å². The molecule has 1 aromatic carbocycles. The molecule has 22 heavy (non-hydrogen) atoms. The summed E-state index contributed by atoms with van der Waals surface area (Å²) in [6, 6.07) is 6.82. The van der Waals surface area contributed by atoms with Crippen LogP contribution in [-0.2, 0) is 13.0 Å². The van der Waals surface area contributed by atoms with Gasteiger partial charge in [-0.1, -0.05) is 38.1 Å². The number of benzene rings is 1. The van der Waals surface area contributed by atoms with Crippen LogP contribution in [0, 0.1) is 0 Å². The summed E-state index contributed by atoms with van der Waals surface area (Å²) in [6.45, 7) is 7.83. The molecule has 0 amide bonds. The van der Waals surface area contributed by atoms with Gasteiger partial charge in [0, 0.05) is 5.56 Å². The van der Waals surface area contributed by atoms with E-state index < -0.39 is 0 Å². The summed E-state index contributed by atoms with van der Waals surface area (Å²) in [5.74, 6) is 0.580. The van der Waals surface area contributed by atoms with Crippen LogP contribution in [0.1, 0.15) is 49.9 Å². The highest BCUT2D eigenvalue weighted by Crippen LogP contribution is 2.37. The highest BCUT2D eigenvalue weighted by molar-refractivity contribution is 6.00. The maximum Gasteiger partial charge on any atom is 0.294 e. The Balaban J connectivity index is 2.31. The van der Waals surface area contributed by atoms with Gasteiger partial charge in [0.2, 0.25) is 0 Å². The SMILES string of the molecule is CCc1cccc2c3c(n4cc[n+](CC)c4c12)C=CCC3C. The average molecular weight is 291 g/mol. The summed E-state index contributed by atoms with van der Waals surface area (Å²) in [4.78, 5) is 0. The smallest absolute Gasteiger partial charge is 0.230 e. The van der Waals surface area contributed by atoms with Gasteiger partial charge in [-0.2, -0.15) is 4.40 Å². The number of aromatic nitrogens is 2. The lowest BCUT2D eigenvalue weighted by molar-refractivity contribution is -0.666. The van der Waals surface area contributed by atoms with Crippen LogP contribution in [-0.4, -0.2) is 4.40 Å². The van der Waals surface area contributed by atoms with Crippen molar-refractivity contribution in [2.45, 2.75) is 46.1 Å². The van der Waals surface area contributed by atoms with Gasteiger partial charge in [0.25, 0.3) is 5.65 Å². The van der Waals surface area contributed by atoms with E-state index in [4.69, 9.17) is 0 Å². The molecule has 0 bridgehead atoms. The largest absolute Gasteiger partial charge is 0.294 e. The van der Waals surface area contributed by atoms with Crippen molar-refractivity contribution < 1.29 is 4.57 Å². The number of imidazole rings is 1. The van der Waals surface area contributed by atoms with Crippen molar-refractivity contribution in [3.05, 3.63) is 53.5 Å². The average Bonchev–Trinajstić information content (AvgIpc) is 2.98. The Kier molecular flexibility index (Phi) is 3.07. The molecule has 1 aliphatic rings. The summed E-state index contributed by atoms with van der Waals surface area (Å²) in [5.41, 5.74) is 5.67. The molecular formula is C20H23N2+. The number of hydrogen-bond donors (Lipinski definition) is 0. The van der Waals surface area contributed by atoms with Gasteiger partial charge in [0.15, 0.2) is 0 Å². The zero-order valence-corrected chi connectivity index (χ0v) is 13.6. The maximum atomic E-state index is 2.40. The van der Waals surface area contributed by atoms with Crippen molar-refractivity contribution >= 4 is 22.5 Å². The lowest BCUT2D eigenvalue weighted by Gasteiger charge is -2.20. The number of rotatable bonds is 2. The van der Waals surface area contributed by atoms with E-state index in [1.165, 1.54) is 33.2 Å². The third kappa shape index (κ3) is 1.70. The van der Waals surface area contributed by atoms with Gasteiger partial charge in [-0.05, 0) is 42.7 Å². The normalized spacial score (nSPS) is 17.3.